The molecule has 1 fully saturated rings. The van der Waals surface area contributed by atoms with Gasteiger partial charge in [-0.1, -0.05) is 37.3 Å². The topological polar surface area (TPSA) is 59.2 Å². The van der Waals surface area contributed by atoms with Gasteiger partial charge in [0.05, 0.1) is 0 Å². The van der Waals surface area contributed by atoms with Crippen molar-refractivity contribution in [3.63, 3.8) is 0 Å². The van der Waals surface area contributed by atoms with E-state index in [0.717, 1.165) is 18.7 Å². The van der Waals surface area contributed by atoms with Gasteiger partial charge in [-0.2, -0.15) is 4.98 Å². The fraction of sp³-hybridized carbons (Fsp3) is 0.833. The van der Waals surface area contributed by atoms with Crippen LogP contribution in [-0.2, 0) is 0 Å². The minimum atomic E-state index is -0.633. The van der Waals surface area contributed by atoms with Crippen molar-refractivity contribution >= 4 is 0 Å². The van der Waals surface area contributed by atoms with Crippen molar-refractivity contribution < 1.29 is 9.63 Å². The summed E-state index contributed by atoms with van der Waals surface area (Å²) in [5, 5.41) is 13.2. The van der Waals surface area contributed by atoms with Crippen molar-refractivity contribution in [1.82, 2.24) is 10.1 Å². The summed E-state index contributed by atoms with van der Waals surface area (Å²) in [6.45, 7) is 1.66. The van der Waals surface area contributed by atoms with Crippen LogP contribution in [0.25, 0.3) is 0 Å². The first-order chi connectivity index (χ1) is 7.77. The zero-order chi connectivity index (χ0) is 11.4. The van der Waals surface area contributed by atoms with Crippen LogP contribution >= 0.6 is 0 Å². The molecule has 1 aromatic heterocycles. The molecule has 0 aromatic carbocycles. The lowest BCUT2D eigenvalue weighted by Gasteiger charge is -2.15. The summed E-state index contributed by atoms with van der Waals surface area (Å²) in [5.41, 5.74) is 0. The van der Waals surface area contributed by atoms with Crippen LogP contribution in [0.3, 0.4) is 0 Å². The Balaban J connectivity index is 2.02. The van der Waals surface area contributed by atoms with E-state index in [1.807, 2.05) is 0 Å². The van der Waals surface area contributed by atoms with Crippen LogP contribution in [0, 0.1) is 0 Å². The molecule has 16 heavy (non-hydrogen) atoms. The molecule has 1 saturated carbocycles. The maximum absolute atomic E-state index is 9.35. The normalized spacial score (nSPS) is 21.4. The fourth-order valence-corrected chi connectivity index (χ4v) is 2.29. The molecule has 4 nitrogen and oxygen atoms in total. The van der Waals surface area contributed by atoms with E-state index >= 15 is 0 Å². The fourth-order valence-electron chi connectivity index (χ4n) is 2.29. The predicted molar refractivity (Wildman–Crippen MR) is 60.0 cm³/mol. The molecule has 0 amide bonds. The van der Waals surface area contributed by atoms with E-state index in [1.165, 1.54) is 32.1 Å². The van der Waals surface area contributed by atoms with Gasteiger partial charge in [0, 0.05) is 5.92 Å². The zero-order valence-electron chi connectivity index (χ0n) is 9.85. The standard InChI is InChI=1S/C12H20N2O2/c1-9(15)11-13-12(16-14-11)10-7-5-3-2-4-6-8-10/h9-10,15H,2-8H2,1H3. The van der Waals surface area contributed by atoms with E-state index in [-0.39, 0.29) is 0 Å². The van der Waals surface area contributed by atoms with Gasteiger partial charge in [0.1, 0.15) is 6.10 Å². The molecule has 0 aliphatic heterocycles. The Morgan fingerprint density at radius 3 is 2.38 bits per heavy atom. The Morgan fingerprint density at radius 1 is 1.19 bits per heavy atom. The molecule has 0 bridgehead atoms. The van der Waals surface area contributed by atoms with Gasteiger partial charge in [0.2, 0.25) is 5.89 Å². The first-order valence-corrected chi connectivity index (χ1v) is 6.29. The van der Waals surface area contributed by atoms with E-state index < -0.39 is 6.10 Å². The Hall–Kier alpha value is -0.900. The number of hydrogen-bond donors (Lipinski definition) is 1. The first-order valence-electron chi connectivity index (χ1n) is 6.29. The van der Waals surface area contributed by atoms with Gasteiger partial charge in [-0.15, -0.1) is 0 Å². The number of aliphatic hydroxyl groups is 1. The van der Waals surface area contributed by atoms with Gasteiger partial charge in [-0.05, 0) is 19.8 Å². The molecule has 1 aliphatic rings. The summed E-state index contributed by atoms with van der Waals surface area (Å²) in [5.74, 6) is 1.54. The lowest BCUT2D eigenvalue weighted by Crippen LogP contribution is -2.03. The quantitative estimate of drug-likeness (QED) is 0.839. The summed E-state index contributed by atoms with van der Waals surface area (Å²) >= 11 is 0. The van der Waals surface area contributed by atoms with E-state index in [2.05, 4.69) is 10.1 Å². The highest BCUT2D eigenvalue weighted by Crippen LogP contribution is 2.30. The van der Waals surface area contributed by atoms with Crippen LogP contribution in [0.15, 0.2) is 4.52 Å². The maximum Gasteiger partial charge on any atom is 0.229 e. The van der Waals surface area contributed by atoms with Crippen LogP contribution in [0.2, 0.25) is 0 Å². The van der Waals surface area contributed by atoms with Crippen LogP contribution in [0.1, 0.15) is 75.6 Å². The summed E-state index contributed by atoms with van der Waals surface area (Å²) in [6.07, 6.45) is 8.12. The molecular formula is C12H20N2O2. The van der Waals surface area contributed by atoms with Crippen molar-refractivity contribution in [2.24, 2.45) is 0 Å². The molecule has 2 rings (SSSR count). The van der Waals surface area contributed by atoms with Gasteiger partial charge >= 0.3 is 0 Å². The summed E-state index contributed by atoms with van der Waals surface area (Å²) in [7, 11) is 0. The molecule has 1 atom stereocenters. The Kier molecular flexibility index (Phi) is 3.93. The third-order valence-corrected chi connectivity index (χ3v) is 3.29. The third kappa shape index (κ3) is 2.82. The van der Waals surface area contributed by atoms with E-state index in [9.17, 15) is 5.11 Å². The Labute approximate surface area is 96.1 Å². The molecule has 1 aliphatic carbocycles. The van der Waals surface area contributed by atoms with E-state index in [4.69, 9.17) is 4.52 Å². The second-order valence-electron chi connectivity index (χ2n) is 4.71. The zero-order valence-corrected chi connectivity index (χ0v) is 9.85. The highest BCUT2D eigenvalue weighted by atomic mass is 16.5. The predicted octanol–water partition coefficient (Wildman–Crippen LogP) is 2.95. The van der Waals surface area contributed by atoms with Crippen molar-refractivity contribution in [1.29, 1.82) is 0 Å². The van der Waals surface area contributed by atoms with Crippen molar-refractivity contribution in [2.75, 3.05) is 0 Å². The SMILES string of the molecule is CC(O)c1noc(C2CCCCCCC2)n1. The second-order valence-corrected chi connectivity index (χ2v) is 4.71. The molecule has 4 heteroatoms. The van der Waals surface area contributed by atoms with Gasteiger partial charge in [-0.3, -0.25) is 0 Å². The minimum absolute atomic E-state index is 0.403. The van der Waals surface area contributed by atoms with Gasteiger partial charge in [0.15, 0.2) is 5.82 Å². The summed E-state index contributed by atoms with van der Waals surface area (Å²) < 4.78 is 5.24. The van der Waals surface area contributed by atoms with Crippen LogP contribution in [-0.4, -0.2) is 15.2 Å². The maximum atomic E-state index is 9.35. The average Bonchev–Trinajstić information content (AvgIpc) is 2.66. The highest BCUT2D eigenvalue weighted by molar-refractivity contribution is 4.96. The molecule has 1 aromatic rings. The van der Waals surface area contributed by atoms with E-state index in [1.54, 1.807) is 6.92 Å². The van der Waals surface area contributed by atoms with Gasteiger partial charge in [0.25, 0.3) is 0 Å². The molecule has 0 spiro atoms. The average molecular weight is 224 g/mol. The van der Waals surface area contributed by atoms with Gasteiger partial charge < -0.3 is 9.63 Å². The lowest BCUT2D eigenvalue weighted by atomic mass is 9.91. The van der Waals surface area contributed by atoms with Crippen molar-refractivity contribution in [2.45, 2.75) is 63.9 Å². The summed E-state index contributed by atoms with van der Waals surface area (Å²) in [4.78, 5) is 4.28. The summed E-state index contributed by atoms with van der Waals surface area (Å²) in [6, 6.07) is 0. The Bertz CT molecular complexity index is 315. The number of aromatic nitrogens is 2. The molecule has 90 valence electrons. The molecule has 1 unspecified atom stereocenters. The number of aliphatic hydroxyl groups excluding tert-OH is 1. The number of rotatable bonds is 2. The Morgan fingerprint density at radius 2 is 1.81 bits per heavy atom. The van der Waals surface area contributed by atoms with Crippen molar-refractivity contribution in [3.8, 4) is 0 Å². The smallest absolute Gasteiger partial charge is 0.229 e. The molecule has 0 radical (unpaired) electrons. The largest absolute Gasteiger partial charge is 0.385 e. The highest BCUT2D eigenvalue weighted by Gasteiger charge is 2.20. The third-order valence-electron chi connectivity index (χ3n) is 3.29. The van der Waals surface area contributed by atoms with E-state index in [0.29, 0.717) is 11.7 Å². The molecule has 1 heterocycles. The molecule has 1 N–H and O–H groups in total. The number of hydrogen-bond acceptors (Lipinski definition) is 4. The monoisotopic (exact) mass is 224 g/mol. The minimum Gasteiger partial charge on any atom is -0.385 e. The first kappa shape index (κ1) is 11.6. The lowest BCUT2D eigenvalue weighted by molar-refractivity contribution is 0.184. The van der Waals surface area contributed by atoms with Crippen LogP contribution < -0.4 is 0 Å². The number of nitrogens with zero attached hydrogens (tertiary/aromatic N) is 2. The van der Waals surface area contributed by atoms with Gasteiger partial charge in [-0.25, -0.2) is 0 Å². The molecular weight excluding hydrogens is 204 g/mol. The molecule has 0 saturated heterocycles. The van der Waals surface area contributed by atoms with Crippen LogP contribution in [0.5, 0.6) is 0 Å². The second kappa shape index (κ2) is 5.43. The van der Waals surface area contributed by atoms with Crippen molar-refractivity contribution in [3.05, 3.63) is 11.7 Å². The van der Waals surface area contributed by atoms with Crippen LogP contribution in [0.4, 0.5) is 0 Å².